The summed E-state index contributed by atoms with van der Waals surface area (Å²) in [6.45, 7) is 3.95. The molecule has 0 N–H and O–H groups in total. The van der Waals surface area contributed by atoms with E-state index >= 15 is 0 Å². The average molecular weight is 272 g/mol. The fourth-order valence-electron chi connectivity index (χ4n) is 2.32. The van der Waals surface area contributed by atoms with Crippen LogP contribution < -0.4 is 4.90 Å². The zero-order valence-electron chi connectivity index (χ0n) is 12.0. The quantitative estimate of drug-likeness (QED) is 0.841. The van der Waals surface area contributed by atoms with Crippen LogP contribution in [0.15, 0.2) is 18.3 Å². The van der Waals surface area contributed by atoms with Gasteiger partial charge in [-0.25, -0.2) is 4.98 Å². The van der Waals surface area contributed by atoms with Crippen molar-refractivity contribution in [2.24, 2.45) is 0 Å². The molecule has 0 aromatic carbocycles. The molecule has 0 unspecified atom stereocenters. The minimum absolute atomic E-state index is 0.0896. The maximum Gasteiger partial charge on any atom is 0.255 e. The maximum absolute atomic E-state index is 12.3. The molecule has 2 heterocycles. The van der Waals surface area contributed by atoms with Crippen LogP contribution in [0.2, 0.25) is 0 Å². The van der Waals surface area contributed by atoms with Gasteiger partial charge in [0, 0.05) is 32.4 Å². The molecule has 1 atom stereocenters. The first-order chi connectivity index (χ1) is 9.63. The van der Waals surface area contributed by atoms with Gasteiger partial charge < -0.3 is 9.80 Å². The van der Waals surface area contributed by atoms with Crippen LogP contribution in [0.25, 0.3) is 0 Å². The highest BCUT2D eigenvalue weighted by atomic mass is 16.2. The van der Waals surface area contributed by atoms with E-state index < -0.39 is 0 Å². The van der Waals surface area contributed by atoms with Crippen molar-refractivity contribution in [2.75, 3.05) is 25.0 Å². The van der Waals surface area contributed by atoms with Crippen LogP contribution in [0, 0.1) is 11.3 Å². The second kappa shape index (κ2) is 6.38. The van der Waals surface area contributed by atoms with E-state index in [1.807, 2.05) is 19.1 Å². The largest absolute Gasteiger partial charge is 0.357 e. The Kier molecular flexibility index (Phi) is 4.57. The number of nitrogens with zero attached hydrogens (tertiary/aromatic N) is 4. The Morgan fingerprint density at radius 1 is 1.50 bits per heavy atom. The lowest BCUT2D eigenvalue weighted by atomic mass is 10.2. The van der Waals surface area contributed by atoms with E-state index in [2.05, 4.69) is 16.0 Å². The molecule has 0 saturated carbocycles. The van der Waals surface area contributed by atoms with Crippen molar-refractivity contribution in [3.05, 3.63) is 23.9 Å². The zero-order chi connectivity index (χ0) is 14.5. The van der Waals surface area contributed by atoms with Gasteiger partial charge in [0.1, 0.15) is 5.82 Å². The van der Waals surface area contributed by atoms with Gasteiger partial charge in [-0.3, -0.25) is 4.79 Å². The van der Waals surface area contributed by atoms with E-state index in [9.17, 15) is 4.79 Å². The molecular formula is C15H20N4O. The summed E-state index contributed by atoms with van der Waals surface area (Å²) in [5, 5.41) is 8.69. The second-order valence-electron chi connectivity index (χ2n) is 5.23. The predicted molar refractivity (Wildman–Crippen MR) is 77.5 cm³/mol. The Morgan fingerprint density at radius 2 is 2.20 bits per heavy atom. The maximum atomic E-state index is 12.3. The summed E-state index contributed by atoms with van der Waals surface area (Å²) in [6, 6.07) is 5.71. The lowest BCUT2D eigenvalue weighted by Crippen LogP contribution is -2.34. The minimum Gasteiger partial charge on any atom is -0.357 e. The Morgan fingerprint density at radius 3 is 2.75 bits per heavy atom. The molecule has 0 bridgehead atoms. The highest BCUT2D eigenvalue weighted by Crippen LogP contribution is 2.18. The smallest absolute Gasteiger partial charge is 0.255 e. The van der Waals surface area contributed by atoms with Crippen molar-refractivity contribution >= 4 is 11.7 Å². The number of pyridine rings is 1. The second-order valence-corrected chi connectivity index (χ2v) is 5.23. The molecule has 0 aliphatic carbocycles. The Hall–Kier alpha value is -2.09. The fraction of sp³-hybridized carbons (Fsp3) is 0.533. The van der Waals surface area contributed by atoms with Gasteiger partial charge in [-0.15, -0.1) is 0 Å². The Labute approximate surface area is 119 Å². The number of aromatic nitrogens is 1. The number of carbonyl (C=O) groups is 1. The molecular weight excluding hydrogens is 252 g/mol. The molecule has 5 nitrogen and oxygen atoms in total. The summed E-state index contributed by atoms with van der Waals surface area (Å²) in [5.41, 5.74) is 0.570. The third-order valence-corrected chi connectivity index (χ3v) is 3.79. The third kappa shape index (κ3) is 3.08. The molecule has 1 aromatic rings. The Balaban J connectivity index is 2.05. The van der Waals surface area contributed by atoms with Crippen LogP contribution in [0.5, 0.6) is 0 Å². The van der Waals surface area contributed by atoms with Gasteiger partial charge in [-0.05, 0) is 31.9 Å². The van der Waals surface area contributed by atoms with E-state index in [1.54, 1.807) is 18.1 Å². The lowest BCUT2D eigenvalue weighted by molar-refractivity contribution is 0.0746. The first kappa shape index (κ1) is 14.3. The molecule has 1 aliphatic heterocycles. The van der Waals surface area contributed by atoms with Crippen LogP contribution >= 0.6 is 0 Å². The third-order valence-electron chi connectivity index (χ3n) is 3.79. The van der Waals surface area contributed by atoms with Crippen molar-refractivity contribution < 1.29 is 4.79 Å². The van der Waals surface area contributed by atoms with Gasteiger partial charge in [-0.1, -0.05) is 0 Å². The highest BCUT2D eigenvalue weighted by molar-refractivity contribution is 5.94. The number of hydrogen-bond acceptors (Lipinski definition) is 4. The Bertz CT molecular complexity index is 500. The van der Waals surface area contributed by atoms with E-state index in [0.717, 1.165) is 18.9 Å². The number of anilines is 1. The highest BCUT2D eigenvalue weighted by Gasteiger charge is 2.19. The van der Waals surface area contributed by atoms with Crippen molar-refractivity contribution in [2.45, 2.75) is 32.2 Å². The summed E-state index contributed by atoms with van der Waals surface area (Å²) in [6.07, 6.45) is 4.38. The molecule has 2 rings (SSSR count). The molecule has 1 saturated heterocycles. The van der Waals surface area contributed by atoms with Crippen LogP contribution in [0.4, 0.5) is 5.82 Å². The fourth-order valence-corrected chi connectivity index (χ4v) is 2.32. The molecule has 20 heavy (non-hydrogen) atoms. The van der Waals surface area contributed by atoms with Crippen molar-refractivity contribution in [1.29, 1.82) is 5.26 Å². The van der Waals surface area contributed by atoms with Gasteiger partial charge >= 0.3 is 0 Å². The predicted octanol–water partition coefficient (Wildman–Crippen LogP) is 2.06. The SMILES string of the molecule is C[C@@H](CC#N)N(C)C(=O)c1ccc(N2CCCC2)nc1. The van der Waals surface area contributed by atoms with Crippen LogP contribution in [0.3, 0.4) is 0 Å². The monoisotopic (exact) mass is 272 g/mol. The van der Waals surface area contributed by atoms with Crippen molar-refractivity contribution in [3.8, 4) is 6.07 Å². The number of nitriles is 1. The van der Waals surface area contributed by atoms with E-state index in [0.29, 0.717) is 12.0 Å². The molecule has 1 aliphatic rings. The molecule has 1 aromatic heterocycles. The lowest BCUT2D eigenvalue weighted by Gasteiger charge is -2.23. The average Bonchev–Trinajstić information content (AvgIpc) is 3.00. The van der Waals surface area contributed by atoms with E-state index in [-0.39, 0.29) is 11.9 Å². The molecule has 5 heteroatoms. The molecule has 106 valence electrons. The number of rotatable bonds is 4. The van der Waals surface area contributed by atoms with Crippen LogP contribution in [-0.2, 0) is 0 Å². The molecule has 0 spiro atoms. The van der Waals surface area contributed by atoms with Crippen LogP contribution in [-0.4, -0.2) is 42.0 Å². The molecule has 1 amide bonds. The number of carbonyl (C=O) groups excluding carboxylic acids is 1. The minimum atomic E-state index is -0.0919. The summed E-state index contributed by atoms with van der Waals surface area (Å²) < 4.78 is 0. The molecule has 0 radical (unpaired) electrons. The van der Waals surface area contributed by atoms with Gasteiger partial charge in [-0.2, -0.15) is 5.26 Å². The standard InChI is InChI=1S/C15H20N4O/c1-12(7-8-16)18(2)15(20)13-5-6-14(17-11-13)19-9-3-4-10-19/h5-6,11-12H,3-4,7,9-10H2,1-2H3/t12-/m0/s1. The first-order valence-corrected chi connectivity index (χ1v) is 6.98. The molecule has 1 fully saturated rings. The summed E-state index contributed by atoms with van der Waals surface area (Å²) >= 11 is 0. The first-order valence-electron chi connectivity index (χ1n) is 6.98. The summed E-state index contributed by atoms with van der Waals surface area (Å²) in [5.74, 6) is 0.847. The number of amides is 1. The number of hydrogen-bond donors (Lipinski definition) is 0. The normalized spacial score (nSPS) is 15.8. The van der Waals surface area contributed by atoms with E-state index in [4.69, 9.17) is 5.26 Å². The van der Waals surface area contributed by atoms with Gasteiger partial charge in [0.15, 0.2) is 0 Å². The summed E-state index contributed by atoms with van der Waals surface area (Å²) in [7, 11) is 1.72. The van der Waals surface area contributed by atoms with Crippen molar-refractivity contribution in [1.82, 2.24) is 9.88 Å². The van der Waals surface area contributed by atoms with Gasteiger partial charge in [0.2, 0.25) is 0 Å². The zero-order valence-corrected chi connectivity index (χ0v) is 12.0. The van der Waals surface area contributed by atoms with Crippen LogP contribution in [0.1, 0.15) is 36.5 Å². The van der Waals surface area contributed by atoms with Gasteiger partial charge in [0.25, 0.3) is 5.91 Å². The van der Waals surface area contributed by atoms with Crippen molar-refractivity contribution in [3.63, 3.8) is 0 Å². The van der Waals surface area contributed by atoms with E-state index in [1.165, 1.54) is 12.8 Å². The summed E-state index contributed by atoms with van der Waals surface area (Å²) in [4.78, 5) is 20.5. The topological polar surface area (TPSA) is 60.2 Å². The van der Waals surface area contributed by atoms with Gasteiger partial charge in [0.05, 0.1) is 18.1 Å².